The second-order valence-corrected chi connectivity index (χ2v) is 4.03. The molecule has 2 aliphatic rings. The minimum Gasteiger partial charge on any atom is -0.463 e. The molecule has 0 amide bonds. The molecule has 3 nitrogen and oxygen atoms in total. The predicted octanol–water partition coefficient (Wildman–Crippen LogP) is 1.99. The number of hydrogen-bond acceptors (Lipinski definition) is 3. The van der Waals surface area contributed by atoms with Crippen LogP contribution in [0, 0.1) is 5.92 Å². The summed E-state index contributed by atoms with van der Waals surface area (Å²) in [5.74, 6) is 0.633. The Labute approximate surface area is 93.7 Å². The molecule has 16 heavy (non-hydrogen) atoms. The van der Waals surface area contributed by atoms with Gasteiger partial charge in [-0.25, -0.2) is 0 Å². The molecule has 1 aromatic carbocycles. The van der Waals surface area contributed by atoms with Crippen molar-refractivity contribution in [3.05, 3.63) is 42.0 Å². The van der Waals surface area contributed by atoms with Gasteiger partial charge in [0.2, 0.25) is 6.29 Å². The lowest BCUT2D eigenvalue weighted by Gasteiger charge is -2.24. The Morgan fingerprint density at radius 1 is 1.19 bits per heavy atom. The summed E-state index contributed by atoms with van der Waals surface area (Å²) in [7, 11) is 0. The maximum Gasteiger partial charge on any atom is 0.210 e. The van der Waals surface area contributed by atoms with Gasteiger partial charge in [0.25, 0.3) is 0 Å². The van der Waals surface area contributed by atoms with Crippen LogP contribution in [0.2, 0.25) is 0 Å². The lowest BCUT2D eigenvalue weighted by molar-refractivity contribution is -0.133. The molecule has 0 saturated carbocycles. The normalized spacial score (nSPS) is 28.2. The molecule has 1 aromatic rings. The van der Waals surface area contributed by atoms with Gasteiger partial charge in [0.15, 0.2) is 5.78 Å². The minimum absolute atomic E-state index is 0.104. The highest BCUT2D eigenvalue weighted by molar-refractivity contribution is 5.98. The molecule has 0 aromatic heterocycles. The Bertz CT molecular complexity index is 436. The summed E-state index contributed by atoms with van der Waals surface area (Å²) in [6.07, 6.45) is 1.97. The third-order valence-corrected chi connectivity index (χ3v) is 2.98. The molecule has 0 unspecified atom stereocenters. The number of hydrogen-bond donors (Lipinski definition) is 0. The maximum absolute atomic E-state index is 11.8. The van der Waals surface area contributed by atoms with Gasteiger partial charge < -0.3 is 9.47 Å². The van der Waals surface area contributed by atoms with Gasteiger partial charge in [-0.3, -0.25) is 4.79 Å². The van der Waals surface area contributed by atoms with Crippen molar-refractivity contribution in [2.24, 2.45) is 5.92 Å². The second kappa shape index (κ2) is 3.76. The van der Waals surface area contributed by atoms with Crippen LogP contribution in [-0.4, -0.2) is 18.7 Å². The number of carbonyl (C=O) groups excluding carboxylic acids is 1. The zero-order valence-corrected chi connectivity index (χ0v) is 8.76. The highest BCUT2D eigenvalue weighted by Crippen LogP contribution is 2.33. The summed E-state index contributed by atoms with van der Waals surface area (Å²) >= 11 is 0. The van der Waals surface area contributed by atoms with Crippen molar-refractivity contribution < 1.29 is 14.3 Å². The fourth-order valence-electron chi connectivity index (χ4n) is 2.11. The topological polar surface area (TPSA) is 35.5 Å². The average Bonchev–Trinajstić information content (AvgIpc) is 2.79. The maximum atomic E-state index is 11.8. The number of allylic oxidation sites excluding steroid dienone is 1. The van der Waals surface area contributed by atoms with E-state index in [2.05, 4.69) is 0 Å². The van der Waals surface area contributed by atoms with E-state index in [9.17, 15) is 4.79 Å². The quantitative estimate of drug-likeness (QED) is 0.720. The summed E-state index contributed by atoms with van der Waals surface area (Å²) in [4.78, 5) is 11.8. The first-order chi connectivity index (χ1) is 7.84. The summed E-state index contributed by atoms with van der Waals surface area (Å²) in [5, 5.41) is 0. The van der Waals surface area contributed by atoms with E-state index in [1.54, 1.807) is 6.08 Å². The average molecular weight is 216 g/mol. The number of ketones is 1. The molecule has 1 saturated heterocycles. The third-order valence-electron chi connectivity index (χ3n) is 2.98. The van der Waals surface area contributed by atoms with Crippen LogP contribution in [0.4, 0.5) is 0 Å². The van der Waals surface area contributed by atoms with Crippen LogP contribution in [0.3, 0.4) is 0 Å². The fourth-order valence-corrected chi connectivity index (χ4v) is 2.11. The van der Waals surface area contributed by atoms with Crippen LogP contribution in [0.5, 0.6) is 0 Å². The summed E-state index contributed by atoms with van der Waals surface area (Å²) in [5.41, 5.74) is 0.921. The number of carbonyl (C=O) groups is 1. The highest BCUT2D eigenvalue weighted by Gasteiger charge is 2.38. The van der Waals surface area contributed by atoms with E-state index < -0.39 is 0 Å². The number of rotatable bonds is 1. The van der Waals surface area contributed by atoms with Crippen LogP contribution in [0.15, 0.2) is 36.4 Å². The molecule has 2 aliphatic heterocycles. The standard InChI is InChI=1S/C13H12O3/c14-11-8-12(9-4-2-1-3-5-9)16-13-10(11)6-7-15-13/h1-5,8,10,13H,6-7H2/t10-,13-/m0/s1. The van der Waals surface area contributed by atoms with Gasteiger partial charge in [-0.05, 0) is 6.42 Å². The number of benzene rings is 1. The van der Waals surface area contributed by atoms with Crippen molar-refractivity contribution in [2.45, 2.75) is 12.7 Å². The molecular formula is C13H12O3. The van der Waals surface area contributed by atoms with Crippen molar-refractivity contribution in [2.75, 3.05) is 6.61 Å². The Kier molecular flexibility index (Phi) is 2.26. The van der Waals surface area contributed by atoms with Gasteiger partial charge in [-0.2, -0.15) is 0 Å². The monoisotopic (exact) mass is 216 g/mol. The number of ether oxygens (including phenoxy) is 2. The van der Waals surface area contributed by atoms with Gasteiger partial charge in [0.1, 0.15) is 5.76 Å². The van der Waals surface area contributed by atoms with E-state index >= 15 is 0 Å². The molecule has 1 fully saturated rings. The molecule has 3 heteroatoms. The SMILES string of the molecule is O=C1C=C(c2ccccc2)O[C@@H]2OCC[C@@H]12. The smallest absolute Gasteiger partial charge is 0.210 e. The van der Waals surface area contributed by atoms with E-state index in [0.717, 1.165) is 12.0 Å². The third kappa shape index (κ3) is 1.53. The van der Waals surface area contributed by atoms with Gasteiger partial charge in [-0.15, -0.1) is 0 Å². The van der Waals surface area contributed by atoms with E-state index in [0.29, 0.717) is 12.4 Å². The summed E-state index contributed by atoms with van der Waals surface area (Å²) in [6.45, 7) is 0.608. The van der Waals surface area contributed by atoms with E-state index in [1.165, 1.54) is 0 Å². The first kappa shape index (κ1) is 9.60. The first-order valence-electron chi connectivity index (χ1n) is 5.44. The molecule has 0 bridgehead atoms. The lowest BCUT2D eigenvalue weighted by Crippen LogP contribution is -2.29. The largest absolute Gasteiger partial charge is 0.463 e. The Hall–Kier alpha value is -1.61. The van der Waals surface area contributed by atoms with E-state index in [1.807, 2.05) is 30.3 Å². The van der Waals surface area contributed by atoms with Crippen LogP contribution in [-0.2, 0) is 14.3 Å². The van der Waals surface area contributed by atoms with Crippen molar-refractivity contribution >= 4 is 11.5 Å². The van der Waals surface area contributed by atoms with Gasteiger partial charge >= 0.3 is 0 Å². The predicted molar refractivity (Wildman–Crippen MR) is 58.4 cm³/mol. The number of fused-ring (bicyclic) bond motifs is 1. The van der Waals surface area contributed by atoms with Crippen molar-refractivity contribution in [1.82, 2.24) is 0 Å². The summed E-state index contributed by atoms with van der Waals surface area (Å²) < 4.78 is 11.1. The fraction of sp³-hybridized carbons (Fsp3) is 0.308. The van der Waals surface area contributed by atoms with Crippen molar-refractivity contribution in [3.63, 3.8) is 0 Å². The summed E-state index contributed by atoms with van der Waals surface area (Å²) in [6, 6.07) is 9.63. The van der Waals surface area contributed by atoms with Crippen molar-refractivity contribution in [3.8, 4) is 0 Å². The molecule has 0 N–H and O–H groups in total. The van der Waals surface area contributed by atoms with E-state index in [4.69, 9.17) is 9.47 Å². The Morgan fingerprint density at radius 3 is 2.81 bits per heavy atom. The first-order valence-corrected chi connectivity index (χ1v) is 5.44. The highest BCUT2D eigenvalue weighted by atomic mass is 16.7. The van der Waals surface area contributed by atoms with Gasteiger partial charge in [-0.1, -0.05) is 30.3 Å². The zero-order valence-electron chi connectivity index (χ0n) is 8.76. The van der Waals surface area contributed by atoms with Crippen molar-refractivity contribution in [1.29, 1.82) is 0 Å². The molecule has 2 atom stereocenters. The molecule has 0 spiro atoms. The molecule has 0 radical (unpaired) electrons. The zero-order chi connectivity index (χ0) is 11.0. The molecule has 2 heterocycles. The van der Waals surface area contributed by atoms with Gasteiger partial charge in [0, 0.05) is 11.6 Å². The Balaban J connectivity index is 1.93. The van der Waals surface area contributed by atoms with Gasteiger partial charge in [0.05, 0.1) is 12.5 Å². The minimum atomic E-state index is -0.382. The molecular weight excluding hydrogens is 204 g/mol. The molecule has 3 rings (SSSR count). The molecule has 0 aliphatic carbocycles. The lowest BCUT2D eigenvalue weighted by atomic mass is 9.98. The second-order valence-electron chi connectivity index (χ2n) is 4.03. The van der Waals surface area contributed by atoms with Crippen LogP contribution in [0.25, 0.3) is 5.76 Å². The Morgan fingerprint density at radius 2 is 2.00 bits per heavy atom. The van der Waals surface area contributed by atoms with Crippen LogP contribution >= 0.6 is 0 Å². The van der Waals surface area contributed by atoms with Crippen LogP contribution < -0.4 is 0 Å². The molecule has 82 valence electrons. The van der Waals surface area contributed by atoms with Crippen LogP contribution in [0.1, 0.15) is 12.0 Å². The van der Waals surface area contributed by atoms with E-state index in [-0.39, 0.29) is 18.0 Å².